The molecular weight excluding hydrogens is 224 g/mol. The Kier molecular flexibility index (Phi) is 2.92. The van der Waals surface area contributed by atoms with Gasteiger partial charge >= 0.3 is 0 Å². The van der Waals surface area contributed by atoms with Crippen LogP contribution in [0.4, 0.5) is 0 Å². The molecule has 1 saturated heterocycles. The molecule has 2 saturated carbocycles. The van der Waals surface area contributed by atoms with Gasteiger partial charge in [0.05, 0.1) is 11.7 Å². The van der Waals surface area contributed by atoms with Crippen LogP contribution in [-0.4, -0.2) is 29.1 Å². The Morgan fingerprint density at radius 2 is 2.17 bits per heavy atom. The van der Waals surface area contributed by atoms with Crippen molar-refractivity contribution < 1.29 is 4.79 Å². The van der Waals surface area contributed by atoms with Crippen molar-refractivity contribution in [1.82, 2.24) is 10.2 Å². The van der Waals surface area contributed by atoms with Crippen molar-refractivity contribution in [3.05, 3.63) is 0 Å². The van der Waals surface area contributed by atoms with Crippen LogP contribution in [0.3, 0.4) is 0 Å². The average molecular weight is 250 g/mol. The lowest BCUT2D eigenvalue weighted by Gasteiger charge is -2.29. The van der Waals surface area contributed by atoms with E-state index in [1.807, 2.05) is 6.92 Å². The smallest absolute Gasteiger partial charge is 0.243 e. The van der Waals surface area contributed by atoms with Crippen LogP contribution in [0.1, 0.15) is 52.9 Å². The second-order valence-corrected chi connectivity index (χ2v) is 6.90. The van der Waals surface area contributed by atoms with Crippen molar-refractivity contribution in [2.24, 2.45) is 17.8 Å². The lowest BCUT2D eigenvalue weighted by atomic mass is 9.88. The summed E-state index contributed by atoms with van der Waals surface area (Å²) in [5.41, 5.74) is -0.322. The molecule has 3 fully saturated rings. The molecule has 0 aromatic rings. The Bertz CT molecular complexity index is 356. The summed E-state index contributed by atoms with van der Waals surface area (Å²) in [4.78, 5) is 14.6. The molecule has 5 atom stereocenters. The molecule has 0 spiro atoms. The molecule has 3 rings (SSSR count). The summed E-state index contributed by atoms with van der Waals surface area (Å²) in [5, 5.41) is 3.47. The predicted octanol–water partition coefficient (Wildman–Crippen LogP) is 2.37. The molecule has 18 heavy (non-hydrogen) atoms. The summed E-state index contributed by atoms with van der Waals surface area (Å²) < 4.78 is 0. The van der Waals surface area contributed by atoms with Gasteiger partial charge in [-0.1, -0.05) is 13.3 Å². The van der Waals surface area contributed by atoms with E-state index in [0.29, 0.717) is 5.91 Å². The average Bonchev–Trinajstić information content (AvgIpc) is 3.00. The summed E-state index contributed by atoms with van der Waals surface area (Å²) in [5.74, 6) is 2.97. The van der Waals surface area contributed by atoms with E-state index in [2.05, 4.69) is 24.1 Å². The van der Waals surface area contributed by atoms with Crippen LogP contribution in [0.15, 0.2) is 0 Å². The first-order chi connectivity index (χ1) is 8.53. The van der Waals surface area contributed by atoms with E-state index in [0.717, 1.165) is 30.7 Å². The van der Waals surface area contributed by atoms with Gasteiger partial charge in [-0.25, -0.2) is 0 Å². The molecule has 3 nitrogen and oxygen atoms in total. The van der Waals surface area contributed by atoms with Crippen LogP contribution in [0, 0.1) is 17.8 Å². The van der Waals surface area contributed by atoms with Crippen LogP contribution in [-0.2, 0) is 4.79 Å². The summed E-state index contributed by atoms with van der Waals surface area (Å²) in [6, 6.07) is 0. The lowest BCUT2D eigenvalue weighted by molar-refractivity contribution is -0.133. The molecule has 1 N–H and O–H groups in total. The highest BCUT2D eigenvalue weighted by Gasteiger charge is 2.47. The summed E-state index contributed by atoms with van der Waals surface area (Å²) in [6.45, 7) is 7.26. The van der Waals surface area contributed by atoms with Gasteiger partial charge in [-0.15, -0.1) is 0 Å². The first-order valence-corrected chi connectivity index (χ1v) is 7.62. The third-order valence-electron chi connectivity index (χ3n) is 5.75. The van der Waals surface area contributed by atoms with Crippen LogP contribution in [0.5, 0.6) is 0 Å². The minimum Gasteiger partial charge on any atom is -0.326 e. The number of hydrogen-bond donors (Lipinski definition) is 1. The molecule has 0 aromatic carbocycles. The van der Waals surface area contributed by atoms with E-state index in [9.17, 15) is 4.79 Å². The maximum atomic E-state index is 12.5. The van der Waals surface area contributed by atoms with Gasteiger partial charge in [0.1, 0.15) is 0 Å². The van der Waals surface area contributed by atoms with Crippen molar-refractivity contribution in [1.29, 1.82) is 0 Å². The monoisotopic (exact) mass is 250 g/mol. The molecule has 0 aromatic heterocycles. The van der Waals surface area contributed by atoms with Gasteiger partial charge in [-0.2, -0.15) is 0 Å². The van der Waals surface area contributed by atoms with E-state index in [4.69, 9.17) is 0 Å². The Morgan fingerprint density at radius 1 is 1.39 bits per heavy atom. The van der Waals surface area contributed by atoms with Crippen molar-refractivity contribution in [2.45, 2.75) is 64.6 Å². The van der Waals surface area contributed by atoms with Gasteiger partial charge in [0.15, 0.2) is 0 Å². The molecule has 1 heterocycles. The lowest BCUT2D eigenvalue weighted by Crippen LogP contribution is -2.43. The minimum absolute atomic E-state index is 0.210. The van der Waals surface area contributed by atoms with Gasteiger partial charge < -0.3 is 4.90 Å². The van der Waals surface area contributed by atoms with Crippen molar-refractivity contribution in [2.75, 3.05) is 6.54 Å². The van der Waals surface area contributed by atoms with Crippen molar-refractivity contribution in [3.63, 3.8) is 0 Å². The van der Waals surface area contributed by atoms with Gasteiger partial charge in [0, 0.05) is 6.54 Å². The van der Waals surface area contributed by atoms with E-state index >= 15 is 0 Å². The van der Waals surface area contributed by atoms with E-state index in [1.165, 1.54) is 25.7 Å². The highest BCUT2D eigenvalue weighted by Crippen LogP contribution is 2.48. The van der Waals surface area contributed by atoms with E-state index in [1.54, 1.807) is 0 Å². The number of nitrogens with one attached hydrogen (secondary N) is 1. The molecule has 3 heteroatoms. The molecule has 1 aliphatic heterocycles. The largest absolute Gasteiger partial charge is 0.326 e. The molecule has 1 amide bonds. The molecule has 2 aliphatic carbocycles. The SMILES string of the molecule is CCC1(C)NC(C)N(CC2CC3CCC2C3)C1=O. The van der Waals surface area contributed by atoms with Gasteiger partial charge in [0.25, 0.3) is 0 Å². The number of carbonyl (C=O) groups excluding carboxylic acids is 1. The van der Waals surface area contributed by atoms with Crippen LogP contribution in [0.2, 0.25) is 0 Å². The number of fused-ring (bicyclic) bond motifs is 2. The quantitative estimate of drug-likeness (QED) is 0.834. The normalized spacial score (nSPS) is 47.3. The van der Waals surface area contributed by atoms with Crippen LogP contribution in [0.25, 0.3) is 0 Å². The number of amides is 1. The molecule has 0 radical (unpaired) electrons. The number of carbonyl (C=O) groups is 1. The Labute approximate surface area is 110 Å². The Morgan fingerprint density at radius 3 is 2.67 bits per heavy atom. The fourth-order valence-electron chi connectivity index (χ4n) is 4.44. The molecular formula is C15H26N2O. The topological polar surface area (TPSA) is 32.3 Å². The zero-order valence-corrected chi connectivity index (χ0v) is 11.9. The fraction of sp³-hybridized carbons (Fsp3) is 0.933. The second kappa shape index (κ2) is 4.22. The van der Waals surface area contributed by atoms with Crippen LogP contribution < -0.4 is 5.32 Å². The summed E-state index contributed by atoms with van der Waals surface area (Å²) in [6.07, 6.45) is 6.73. The van der Waals surface area contributed by atoms with Gasteiger partial charge in [0.2, 0.25) is 5.91 Å². The highest BCUT2D eigenvalue weighted by molar-refractivity contribution is 5.88. The molecule has 102 valence electrons. The second-order valence-electron chi connectivity index (χ2n) is 6.90. The zero-order chi connectivity index (χ0) is 12.9. The Hall–Kier alpha value is -0.570. The Balaban J connectivity index is 1.68. The number of hydrogen-bond acceptors (Lipinski definition) is 2. The van der Waals surface area contributed by atoms with Crippen molar-refractivity contribution >= 4 is 5.91 Å². The maximum absolute atomic E-state index is 12.5. The third kappa shape index (κ3) is 1.78. The number of rotatable bonds is 3. The fourth-order valence-corrected chi connectivity index (χ4v) is 4.44. The minimum atomic E-state index is -0.322. The zero-order valence-electron chi connectivity index (χ0n) is 11.9. The van der Waals surface area contributed by atoms with Crippen LogP contribution >= 0.6 is 0 Å². The van der Waals surface area contributed by atoms with E-state index < -0.39 is 0 Å². The first kappa shape index (κ1) is 12.5. The molecule has 3 aliphatic rings. The first-order valence-electron chi connectivity index (χ1n) is 7.62. The number of nitrogens with zero attached hydrogens (tertiary/aromatic N) is 1. The van der Waals surface area contributed by atoms with Crippen molar-refractivity contribution in [3.8, 4) is 0 Å². The highest BCUT2D eigenvalue weighted by atomic mass is 16.2. The van der Waals surface area contributed by atoms with E-state index in [-0.39, 0.29) is 11.7 Å². The maximum Gasteiger partial charge on any atom is 0.243 e. The van der Waals surface area contributed by atoms with Gasteiger partial charge in [-0.3, -0.25) is 10.1 Å². The molecule has 5 unspecified atom stereocenters. The summed E-state index contributed by atoms with van der Waals surface area (Å²) in [7, 11) is 0. The third-order valence-corrected chi connectivity index (χ3v) is 5.75. The molecule has 2 bridgehead atoms. The van der Waals surface area contributed by atoms with Gasteiger partial charge in [-0.05, 0) is 57.3 Å². The summed E-state index contributed by atoms with van der Waals surface area (Å²) >= 11 is 0. The standard InChI is InChI=1S/C15H26N2O/c1-4-15(3)14(18)17(10(2)16-15)9-13-8-11-5-6-12(13)7-11/h10-13,16H,4-9H2,1-3H3. The predicted molar refractivity (Wildman–Crippen MR) is 71.9 cm³/mol.